The predicted octanol–water partition coefficient (Wildman–Crippen LogP) is 3.98. The number of fused-ring (bicyclic) bond motifs is 2. The second-order valence-electron chi connectivity index (χ2n) is 10.9. The number of aromatic nitrogens is 4. The third-order valence-electron chi connectivity index (χ3n) is 8.15. The largest absolute Gasteiger partial charge is 0.470 e. The fourth-order valence-electron chi connectivity index (χ4n) is 6.16. The maximum atomic E-state index is 5.34. The van der Waals surface area contributed by atoms with E-state index in [1.54, 1.807) is 12.5 Å². The summed E-state index contributed by atoms with van der Waals surface area (Å²) in [6.07, 6.45) is 19.9. The van der Waals surface area contributed by atoms with Crippen LogP contribution < -0.4 is 16.3 Å². The average molecular weight is 493 g/mol. The van der Waals surface area contributed by atoms with Crippen LogP contribution in [-0.2, 0) is 13.1 Å². The van der Waals surface area contributed by atoms with Crippen LogP contribution in [0.1, 0.15) is 36.1 Å². The summed E-state index contributed by atoms with van der Waals surface area (Å²) in [6, 6.07) is 8.43. The molecule has 1 aliphatic heterocycles. The molecule has 0 atom stereocenters. The van der Waals surface area contributed by atoms with Crippen LogP contribution in [-0.4, -0.2) is 30.5 Å². The van der Waals surface area contributed by atoms with Crippen LogP contribution in [0.4, 0.5) is 0 Å². The fourth-order valence-corrected chi connectivity index (χ4v) is 6.16. The lowest BCUT2D eigenvalue weighted by atomic mass is 9.44. The summed E-state index contributed by atoms with van der Waals surface area (Å²) in [4.78, 5) is 9.28. The van der Waals surface area contributed by atoms with E-state index < -0.39 is 0 Å². The summed E-state index contributed by atoms with van der Waals surface area (Å²) in [6.45, 7) is 2.69. The molecule has 9 nitrogen and oxygen atoms in total. The summed E-state index contributed by atoms with van der Waals surface area (Å²) < 4.78 is 9.54. The monoisotopic (exact) mass is 492 g/mol. The Hall–Kier alpha value is -4.08. The third-order valence-corrected chi connectivity index (χ3v) is 8.15. The van der Waals surface area contributed by atoms with E-state index in [-0.39, 0.29) is 0 Å². The molecule has 37 heavy (non-hydrogen) atoms. The van der Waals surface area contributed by atoms with Crippen molar-refractivity contribution in [3.8, 4) is 5.69 Å². The van der Waals surface area contributed by atoms with E-state index in [1.807, 2.05) is 35.9 Å². The van der Waals surface area contributed by atoms with Gasteiger partial charge in [-0.25, -0.2) is 4.98 Å². The van der Waals surface area contributed by atoms with Gasteiger partial charge >= 0.3 is 0 Å². The lowest BCUT2D eigenvalue weighted by Gasteiger charge is -2.62. The highest BCUT2D eigenvalue weighted by Gasteiger charge is 2.55. The Balaban J connectivity index is 0.955. The second kappa shape index (κ2) is 7.96. The van der Waals surface area contributed by atoms with Crippen LogP contribution in [0.5, 0.6) is 0 Å². The molecule has 9 rings (SSSR count). The van der Waals surface area contributed by atoms with Gasteiger partial charge in [0.1, 0.15) is 11.9 Å². The van der Waals surface area contributed by atoms with Crippen LogP contribution in [0.25, 0.3) is 27.9 Å². The summed E-state index contributed by atoms with van der Waals surface area (Å²) >= 11 is 0. The molecule has 5 aromatic rings. The van der Waals surface area contributed by atoms with Crippen molar-refractivity contribution >= 4 is 22.2 Å². The SMILES string of the molecule is C1=C(c2cncc(-n3ccc4cocc43)c2)NNN1Cc1cn2cc(CNCC34CC(C3)C4)ccc2n1. The van der Waals surface area contributed by atoms with Crippen molar-refractivity contribution < 1.29 is 4.42 Å². The van der Waals surface area contributed by atoms with Gasteiger partial charge in [0.2, 0.25) is 0 Å². The Morgan fingerprint density at radius 3 is 2.95 bits per heavy atom. The quantitative estimate of drug-likeness (QED) is 0.302. The lowest BCUT2D eigenvalue weighted by Crippen LogP contribution is -2.56. The van der Waals surface area contributed by atoms with E-state index in [0.29, 0.717) is 12.0 Å². The zero-order valence-electron chi connectivity index (χ0n) is 20.4. The standard InChI is InChI=1S/C28H28N8O/c1-2-27-31-23(13-34(27)12-19(1)9-30-18-28-6-20(7-28)8-28)14-35-15-25(32-33-35)22-5-24(11-29-10-22)36-4-3-21-16-37-17-26(21)36/h1-5,10-13,15-17,20,30,32-33H,6-9,14,18H2. The van der Waals surface area contributed by atoms with Gasteiger partial charge in [-0.15, -0.1) is 5.53 Å². The van der Waals surface area contributed by atoms with Crippen LogP contribution in [0.3, 0.4) is 0 Å². The van der Waals surface area contributed by atoms with Crippen LogP contribution in [0.15, 0.2) is 78.4 Å². The molecule has 0 unspecified atom stereocenters. The number of nitrogens with one attached hydrogen (secondary N) is 3. The van der Waals surface area contributed by atoms with E-state index in [2.05, 4.69) is 60.8 Å². The van der Waals surface area contributed by atoms with E-state index in [1.165, 1.54) is 24.8 Å². The fraction of sp³-hybridized carbons (Fsp3) is 0.286. The number of nitrogens with zero attached hydrogens (tertiary/aromatic N) is 5. The van der Waals surface area contributed by atoms with E-state index in [4.69, 9.17) is 9.40 Å². The van der Waals surface area contributed by atoms with Crippen LogP contribution in [0, 0.1) is 11.3 Å². The molecule has 186 valence electrons. The highest BCUT2D eigenvalue weighted by atomic mass is 16.3. The van der Waals surface area contributed by atoms with Gasteiger partial charge in [0, 0.05) is 55.0 Å². The highest BCUT2D eigenvalue weighted by Crippen LogP contribution is 2.63. The first-order chi connectivity index (χ1) is 18.2. The Labute approximate surface area is 213 Å². The van der Waals surface area contributed by atoms with Crippen molar-refractivity contribution in [1.29, 1.82) is 0 Å². The summed E-state index contributed by atoms with van der Waals surface area (Å²) in [5.74, 6) is 1.04. The normalized spacial score (nSPS) is 22.2. The molecular formula is C28H28N8O. The van der Waals surface area contributed by atoms with Gasteiger partial charge < -0.3 is 24.1 Å². The summed E-state index contributed by atoms with van der Waals surface area (Å²) in [5, 5.41) is 6.74. The summed E-state index contributed by atoms with van der Waals surface area (Å²) in [5.41, 5.74) is 14.3. The number of furan rings is 1. The lowest BCUT2D eigenvalue weighted by molar-refractivity contribution is -0.103. The second-order valence-corrected chi connectivity index (χ2v) is 10.9. The van der Waals surface area contributed by atoms with Gasteiger partial charge in [0.15, 0.2) is 0 Å². The molecule has 2 bridgehead atoms. The molecule has 4 aliphatic rings. The Morgan fingerprint density at radius 1 is 1.11 bits per heavy atom. The van der Waals surface area contributed by atoms with Gasteiger partial charge in [-0.05, 0) is 54.4 Å². The number of hydrogen-bond acceptors (Lipinski definition) is 7. The third kappa shape index (κ3) is 3.61. The van der Waals surface area contributed by atoms with Crippen molar-refractivity contribution in [3.05, 3.63) is 90.8 Å². The maximum absolute atomic E-state index is 5.34. The van der Waals surface area contributed by atoms with E-state index in [9.17, 15) is 0 Å². The van der Waals surface area contributed by atoms with Crippen molar-refractivity contribution in [2.24, 2.45) is 11.3 Å². The number of pyridine rings is 2. The van der Waals surface area contributed by atoms with Crippen molar-refractivity contribution in [3.63, 3.8) is 0 Å². The number of rotatable bonds is 8. The van der Waals surface area contributed by atoms with Crippen molar-refractivity contribution in [1.82, 2.24) is 40.2 Å². The van der Waals surface area contributed by atoms with Crippen molar-refractivity contribution in [2.75, 3.05) is 6.54 Å². The molecule has 0 spiro atoms. The first kappa shape index (κ1) is 21.0. The zero-order valence-corrected chi connectivity index (χ0v) is 20.4. The van der Waals surface area contributed by atoms with Crippen molar-refractivity contribution in [2.45, 2.75) is 32.4 Å². The minimum Gasteiger partial charge on any atom is -0.470 e. The zero-order chi connectivity index (χ0) is 24.4. The summed E-state index contributed by atoms with van der Waals surface area (Å²) in [7, 11) is 0. The Bertz CT molecular complexity index is 1640. The highest BCUT2D eigenvalue weighted by molar-refractivity contribution is 5.80. The number of imidazole rings is 1. The minimum absolute atomic E-state index is 0.631. The molecular weight excluding hydrogens is 464 g/mol. The molecule has 0 radical (unpaired) electrons. The van der Waals surface area contributed by atoms with Gasteiger partial charge in [-0.2, -0.15) is 0 Å². The van der Waals surface area contributed by atoms with E-state index >= 15 is 0 Å². The maximum Gasteiger partial charge on any atom is 0.137 e. The predicted molar refractivity (Wildman–Crippen MR) is 140 cm³/mol. The molecule has 6 heterocycles. The molecule has 0 saturated heterocycles. The van der Waals surface area contributed by atoms with Crippen LogP contribution >= 0.6 is 0 Å². The van der Waals surface area contributed by atoms with Crippen LogP contribution in [0.2, 0.25) is 0 Å². The van der Waals surface area contributed by atoms with Gasteiger partial charge in [-0.3, -0.25) is 9.99 Å². The molecule has 9 heteroatoms. The van der Waals surface area contributed by atoms with E-state index in [0.717, 1.165) is 58.2 Å². The molecule has 3 fully saturated rings. The molecule has 5 aromatic heterocycles. The number of hydrazine groups is 2. The topological polar surface area (TPSA) is 87.6 Å². The number of hydrogen-bond donors (Lipinski definition) is 3. The van der Waals surface area contributed by atoms with Gasteiger partial charge in [0.25, 0.3) is 0 Å². The molecule has 0 amide bonds. The molecule has 3 N–H and O–H groups in total. The first-order valence-electron chi connectivity index (χ1n) is 12.9. The molecule has 3 saturated carbocycles. The average Bonchev–Trinajstić information content (AvgIpc) is 3.64. The molecule has 0 aromatic carbocycles. The minimum atomic E-state index is 0.631. The van der Waals surface area contributed by atoms with Gasteiger partial charge in [0.05, 0.1) is 41.6 Å². The first-order valence-corrected chi connectivity index (χ1v) is 12.9. The Morgan fingerprint density at radius 2 is 2.05 bits per heavy atom. The smallest absolute Gasteiger partial charge is 0.137 e. The Kier molecular flexibility index (Phi) is 4.53. The van der Waals surface area contributed by atoms with Gasteiger partial charge in [-0.1, -0.05) is 6.07 Å². The molecule has 3 aliphatic carbocycles.